The van der Waals surface area contributed by atoms with Crippen molar-refractivity contribution < 1.29 is 19.7 Å². The number of ether oxygens (including phenoxy) is 1. The van der Waals surface area contributed by atoms with Crippen LogP contribution in [0.4, 0.5) is 0 Å². The number of carbonyl (C=O) groups is 1. The quantitative estimate of drug-likeness (QED) is 0.479. The minimum atomic E-state index is -0.935. The van der Waals surface area contributed by atoms with Gasteiger partial charge < -0.3 is 19.8 Å². The fourth-order valence-corrected chi connectivity index (χ4v) is 3.81. The van der Waals surface area contributed by atoms with Gasteiger partial charge in [-0.25, -0.2) is 4.79 Å². The predicted octanol–water partition coefficient (Wildman–Crippen LogP) is 4.49. The lowest BCUT2D eigenvalue weighted by Gasteiger charge is -2.24. The van der Waals surface area contributed by atoms with E-state index in [0.717, 1.165) is 5.56 Å². The topological polar surface area (TPSA) is 82.0 Å². The highest BCUT2D eigenvalue weighted by Gasteiger charge is 2.19. The summed E-state index contributed by atoms with van der Waals surface area (Å²) in [7, 11) is 0. The minimum Gasteiger partial charge on any atom is -0.478 e. The molecule has 170 valence electrons. The summed E-state index contributed by atoms with van der Waals surface area (Å²) >= 11 is 12.1. The molecule has 3 unspecified atom stereocenters. The smallest absolute Gasteiger partial charge is 0.335 e. The summed E-state index contributed by atoms with van der Waals surface area (Å²) in [6.45, 7) is 0.730. The number of rotatable bonds is 8. The summed E-state index contributed by atoms with van der Waals surface area (Å²) in [6, 6.07) is 6.64. The van der Waals surface area contributed by atoms with Gasteiger partial charge in [-0.15, -0.1) is 0 Å². The number of carboxylic acid groups (broad SMARTS) is 1. The third-order valence-electron chi connectivity index (χ3n) is 4.96. The van der Waals surface area contributed by atoms with Gasteiger partial charge in [0.1, 0.15) is 6.23 Å². The maximum atomic E-state index is 11.0. The fraction of sp³-hybridized carbons (Fsp3) is 0.292. The van der Waals surface area contributed by atoms with Gasteiger partial charge in [0.2, 0.25) is 0 Å². The monoisotopic (exact) mass is 476 g/mol. The summed E-state index contributed by atoms with van der Waals surface area (Å²) in [4.78, 5) is 13.0. The Morgan fingerprint density at radius 2 is 1.97 bits per heavy atom. The molecule has 0 bridgehead atoms. The Balaban J connectivity index is 1.47. The number of benzene rings is 1. The van der Waals surface area contributed by atoms with Crippen LogP contribution >= 0.6 is 23.2 Å². The molecule has 0 saturated carbocycles. The van der Waals surface area contributed by atoms with Crippen molar-refractivity contribution in [2.45, 2.75) is 37.8 Å². The Labute approximate surface area is 197 Å². The molecule has 1 aliphatic carbocycles. The van der Waals surface area contributed by atoms with E-state index in [0.29, 0.717) is 29.5 Å². The first-order chi connectivity index (χ1) is 15.4. The van der Waals surface area contributed by atoms with Crippen molar-refractivity contribution in [2.24, 2.45) is 0 Å². The van der Waals surface area contributed by atoms with Crippen LogP contribution in [0.5, 0.6) is 0 Å². The molecule has 2 aliphatic rings. The molecule has 0 spiro atoms. The highest BCUT2D eigenvalue weighted by Crippen LogP contribution is 2.23. The van der Waals surface area contributed by atoms with Gasteiger partial charge in [0, 0.05) is 28.9 Å². The Hall–Kier alpha value is -2.35. The molecule has 0 amide bonds. The molecule has 3 rings (SSSR count). The van der Waals surface area contributed by atoms with E-state index < -0.39 is 12.2 Å². The van der Waals surface area contributed by atoms with Gasteiger partial charge in [0.15, 0.2) is 0 Å². The number of hydrogen-bond acceptors (Lipinski definition) is 5. The second-order valence-corrected chi connectivity index (χ2v) is 8.35. The van der Waals surface area contributed by atoms with Crippen molar-refractivity contribution in [3.63, 3.8) is 0 Å². The average molecular weight is 477 g/mol. The standard InChI is InChI=1S/C24H26Cl2N2O4/c25-19-10-11-22(21(26)14-19)27-23(29)16-32-20-4-1-2-12-28(13-3-5-20)15-17-6-8-18(9-7-17)24(30)31/h1-4,6-10,12-14,20,22-23,27,29H,5,11,15-16H2,(H,30,31)/b4-1+,12-2-,13-3+. The van der Waals surface area contributed by atoms with Crippen LogP contribution in [-0.4, -0.2) is 46.1 Å². The van der Waals surface area contributed by atoms with Crippen molar-refractivity contribution in [3.8, 4) is 0 Å². The molecule has 3 atom stereocenters. The zero-order valence-electron chi connectivity index (χ0n) is 17.4. The van der Waals surface area contributed by atoms with Crippen molar-refractivity contribution >= 4 is 29.2 Å². The van der Waals surface area contributed by atoms with E-state index >= 15 is 0 Å². The summed E-state index contributed by atoms with van der Waals surface area (Å²) < 4.78 is 5.86. The highest BCUT2D eigenvalue weighted by molar-refractivity contribution is 6.35. The van der Waals surface area contributed by atoms with E-state index in [1.54, 1.807) is 18.2 Å². The molecule has 8 heteroatoms. The molecule has 32 heavy (non-hydrogen) atoms. The number of allylic oxidation sites excluding steroid dienone is 4. The number of halogens is 2. The average Bonchev–Trinajstić information content (AvgIpc) is 2.87. The van der Waals surface area contributed by atoms with Crippen molar-refractivity contribution in [1.29, 1.82) is 0 Å². The van der Waals surface area contributed by atoms with Crippen LogP contribution in [0.1, 0.15) is 28.8 Å². The predicted molar refractivity (Wildman–Crippen MR) is 126 cm³/mol. The molecule has 0 radical (unpaired) electrons. The van der Waals surface area contributed by atoms with Crippen LogP contribution < -0.4 is 5.32 Å². The summed E-state index contributed by atoms with van der Waals surface area (Å²) in [5.74, 6) is -0.935. The molecular formula is C24H26Cl2N2O4. The van der Waals surface area contributed by atoms with Crippen LogP contribution in [0.15, 0.2) is 83.2 Å². The summed E-state index contributed by atoms with van der Waals surface area (Å²) in [5, 5.41) is 23.5. The molecule has 0 aromatic heterocycles. The molecule has 1 aliphatic heterocycles. The third kappa shape index (κ3) is 7.65. The van der Waals surface area contributed by atoms with Gasteiger partial charge in [-0.05, 0) is 48.9 Å². The van der Waals surface area contributed by atoms with Crippen molar-refractivity contribution in [3.05, 3.63) is 94.3 Å². The number of nitrogens with one attached hydrogen (secondary N) is 1. The molecule has 1 aromatic carbocycles. The van der Waals surface area contributed by atoms with Crippen molar-refractivity contribution in [1.82, 2.24) is 10.2 Å². The maximum absolute atomic E-state index is 11.0. The second kappa shape index (κ2) is 12.0. The number of aliphatic hydroxyl groups is 1. The Morgan fingerprint density at radius 1 is 1.19 bits per heavy atom. The Kier molecular flexibility index (Phi) is 9.14. The van der Waals surface area contributed by atoms with E-state index in [4.69, 9.17) is 33.0 Å². The Bertz CT molecular complexity index is 938. The van der Waals surface area contributed by atoms with Crippen LogP contribution in [-0.2, 0) is 11.3 Å². The summed E-state index contributed by atoms with van der Waals surface area (Å²) in [5.41, 5.74) is 1.27. The molecule has 6 nitrogen and oxygen atoms in total. The fourth-order valence-electron chi connectivity index (χ4n) is 3.28. The minimum absolute atomic E-state index is 0.115. The van der Waals surface area contributed by atoms with E-state index in [1.165, 1.54) is 0 Å². The van der Waals surface area contributed by atoms with Crippen LogP contribution in [0.25, 0.3) is 0 Å². The molecular weight excluding hydrogens is 451 g/mol. The van der Waals surface area contributed by atoms with Gasteiger partial charge in [-0.3, -0.25) is 5.32 Å². The van der Waals surface area contributed by atoms with Gasteiger partial charge in [0.05, 0.1) is 18.3 Å². The van der Waals surface area contributed by atoms with E-state index in [2.05, 4.69) is 5.32 Å². The Morgan fingerprint density at radius 3 is 2.69 bits per heavy atom. The number of hydrogen-bond donors (Lipinski definition) is 3. The van der Waals surface area contributed by atoms with Crippen LogP contribution in [0.3, 0.4) is 0 Å². The normalized spacial score (nSPS) is 24.9. The molecule has 0 saturated heterocycles. The molecule has 1 heterocycles. The SMILES string of the molecule is O=C(O)c1ccc(CN2/C=C\C=C\C(OCC(O)NC3CC=C(Cl)C=C3Cl)C/C=C/2)cc1. The number of aromatic carboxylic acids is 1. The zero-order chi connectivity index (χ0) is 22.9. The first kappa shape index (κ1) is 24.3. The second-order valence-electron chi connectivity index (χ2n) is 7.48. The molecule has 1 aromatic rings. The lowest BCUT2D eigenvalue weighted by atomic mass is 10.1. The van der Waals surface area contributed by atoms with E-state index in [1.807, 2.05) is 59.8 Å². The van der Waals surface area contributed by atoms with Gasteiger partial charge in [0.25, 0.3) is 0 Å². The summed E-state index contributed by atoms with van der Waals surface area (Å²) in [6.07, 6.45) is 15.4. The number of nitrogens with zero attached hydrogens (tertiary/aromatic N) is 1. The third-order valence-corrected chi connectivity index (χ3v) is 5.60. The first-order valence-corrected chi connectivity index (χ1v) is 11.0. The first-order valence-electron chi connectivity index (χ1n) is 10.3. The van der Waals surface area contributed by atoms with Gasteiger partial charge in [-0.2, -0.15) is 0 Å². The largest absolute Gasteiger partial charge is 0.478 e. The van der Waals surface area contributed by atoms with Crippen molar-refractivity contribution in [2.75, 3.05) is 6.61 Å². The zero-order valence-corrected chi connectivity index (χ0v) is 18.9. The van der Waals surface area contributed by atoms with Gasteiger partial charge >= 0.3 is 5.97 Å². The lowest BCUT2D eigenvalue weighted by molar-refractivity contribution is -0.00691. The molecule has 3 N–H and O–H groups in total. The van der Waals surface area contributed by atoms with Crippen LogP contribution in [0.2, 0.25) is 0 Å². The molecule has 0 fully saturated rings. The van der Waals surface area contributed by atoms with Crippen LogP contribution in [0, 0.1) is 0 Å². The number of aliphatic hydroxyl groups excluding tert-OH is 1. The maximum Gasteiger partial charge on any atom is 0.335 e. The van der Waals surface area contributed by atoms with E-state index in [9.17, 15) is 9.90 Å². The number of carboxylic acids is 1. The van der Waals surface area contributed by atoms with Gasteiger partial charge in [-0.1, -0.05) is 59.6 Å². The van der Waals surface area contributed by atoms with E-state index in [-0.39, 0.29) is 24.3 Å². The highest BCUT2D eigenvalue weighted by atomic mass is 35.5. The lowest BCUT2D eigenvalue weighted by Crippen LogP contribution is -2.42.